The Kier molecular flexibility index (Phi) is 4.77. The molecule has 1 fully saturated rings. The lowest BCUT2D eigenvalue weighted by atomic mass is 10.1. The van der Waals surface area contributed by atoms with Crippen LogP contribution in [0.25, 0.3) is 0 Å². The van der Waals surface area contributed by atoms with Crippen molar-refractivity contribution in [2.24, 2.45) is 11.7 Å². The van der Waals surface area contributed by atoms with Crippen LogP contribution >= 0.6 is 0 Å². The van der Waals surface area contributed by atoms with Crippen LogP contribution in [-0.2, 0) is 4.79 Å². The molecule has 2 amide bonds. The van der Waals surface area contributed by atoms with Gasteiger partial charge >= 0.3 is 0 Å². The minimum atomic E-state index is -0.583. The summed E-state index contributed by atoms with van der Waals surface area (Å²) in [7, 11) is 0. The third kappa shape index (κ3) is 3.93. The van der Waals surface area contributed by atoms with Gasteiger partial charge in [0, 0.05) is 24.7 Å². The van der Waals surface area contributed by atoms with Gasteiger partial charge in [0.15, 0.2) is 0 Å². The number of hydrogen-bond acceptors (Lipinski definition) is 4. The van der Waals surface area contributed by atoms with E-state index in [-0.39, 0.29) is 23.6 Å². The van der Waals surface area contributed by atoms with Gasteiger partial charge in [0.05, 0.1) is 6.54 Å². The Labute approximate surface area is 124 Å². The van der Waals surface area contributed by atoms with E-state index in [0.717, 1.165) is 19.4 Å². The lowest BCUT2D eigenvalue weighted by Crippen LogP contribution is -2.45. The highest BCUT2D eigenvalue weighted by Gasteiger charge is 2.26. The molecule has 21 heavy (non-hydrogen) atoms. The molecule has 1 saturated heterocycles. The molecule has 0 saturated carbocycles. The van der Waals surface area contributed by atoms with E-state index >= 15 is 0 Å². The maximum absolute atomic E-state index is 12.0. The molecule has 2 N–H and O–H groups in total. The number of hydrogen-bond donors (Lipinski definition) is 1. The summed E-state index contributed by atoms with van der Waals surface area (Å²) in [6, 6.07) is 3.22. The number of ether oxygens (including phenoxy) is 1. The number of carbonyl (C=O) groups is 2. The van der Waals surface area contributed by atoms with Crippen molar-refractivity contribution in [3.05, 3.63) is 24.0 Å². The fourth-order valence-corrected chi connectivity index (χ4v) is 2.41. The zero-order valence-electron chi connectivity index (χ0n) is 12.4. The first-order chi connectivity index (χ1) is 9.97. The van der Waals surface area contributed by atoms with E-state index in [1.807, 2.05) is 18.7 Å². The fourth-order valence-electron chi connectivity index (χ4n) is 2.41. The Morgan fingerprint density at radius 1 is 1.48 bits per heavy atom. The molecule has 6 nitrogen and oxygen atoms in total. The Bertz CT molecular complexity index is 531. The first kappa shape index (κ1) is 15.3. The van der Waals surface area contributed by atoms with Gasteiger partial charge in [-0.3, -0.25) is 14.6 Å². The molecule has 0 bridgehead atoms. The van der Waals surface area contributed by atoms with Crippen LogP contribution < -0.4 is 10.5 Å². The monoisotopic (exact) mass is 291 g/mol. The molecule has 1 atom stereocenters. The largest absolute Gasteiger partial charge is 0.488 e. The standard InChI is InChI=1S/C15H21N3O3/c1-10(2)15(20)18-7-3-4-12(9-18)21-11-5-6-17-13(8-11)14(16)19/h5-6,8,10,12H,3-4,7,9H2,1-2H3,(H2,16,19). The van der Waals surface area contributed by atoms with Crippen LogP contribution in [-0.4, -0.2) is 40.9 Å². The van der Waals surface area contributed by atoms with Crippen LogP contribution in [0.1, 0.15) is 37.2 Å². The van der Waals surface area contributed by atoms with Gasteiger partial charge in [0.2, 0.25) is 5.91 Å². The number of nitrogens with zero attached hydrogens (tertiary/aromatic N) is 2. The van der Waals surface area contributed by atoms with Gasteiger partial charge in [0.1, 0.15) is 17.5 Å². The first-order valence-electron chi connectivity index (χ1n) is 7.18. The zero-order chi connectivity index (χ0) is 15.4. The maximum Gasteiger partial charge on any atom is 0.267 e. The van der Waals surface area contributed by atoms with Crippen molar-refractivity contribution >= 4 is 11.8 Å². The number of pyridine rings is 1. The Morgan fingerprint density at radius 3 is 2.90 bits per heavy atom. The number of primary amides is 1. The summed E-state index contributed by atoms with van der Waals surface area (Å²) in [5, 5.41) is 0. The molecule has 6 heteroatoms. The average molecular weight is 291 g/mol. The SMILES string of the molecule is CC(C)C(=O)N1CCCC(Oc2ccnc(C(N)=O)c2)C1. The quantitative estimate of drug-likeness (QED) is 0.903. The summed E-state index contributed by atoms with van der Waals surface area (Å²) >= 11 is 0. The summed E-state index contributed by atoms with van der Waals surface area (Å²) in [6.45, 7) is 5.15. The maximum atomic E-state index is 12.0. The van der Waals surface area contributed by atoms with Gasteiger partial charge in [-0.2, -0.15) is 0 Å². The van der Waals surface area contributed by atoms with Gasteiger partial charge in [-0.05, 0) is 18.9 Å². The van der Waals surface area contributed by atoms with Crippen LogP contribution in [0, 0.1) is 5.92 Å². The second kappa shape index (κ2) is 6.56. The predicted molar refractivity (Wildman–Crippen MR) is 77.8 cm³/mol. The minimum Gasteiger partial charge on any atom is -0.488 e. The van der Waals surface area contributed by atoms with E-state index in [9.17, 15) is 9.59 Å². The van der Waals surface area contributed by atoms with E-state index in [2.05, 4.69) is 4.98 Å². The molecule has 2 heterocycles. The molecule has 1 aromatic heterocycles. The Morgan fingerprint density at radius 2 is 2.24 bits per heavy atom. The molecule has 0 radical (unpaired) electrons. The van der Waals surface area contributed by atoms with Crippen LogP contribution in [0.4, 0.5) is 0 Å². The van der Waals surface area contributed by atoms with Crippen molar-refractivity contribution in [2.45, 2.75) is 32.8 Å². The van der Waals surface area contributed by atoms with Gasteiger partial charge in [-0.1, -0.05) is 13.8 Å². The first-order valence-corrected chi connectivity index (χ1v) is 7.18. The van der Waals surface area contributed by atoms with Crippen molar-refractivity contribution in [3.8, 4) is 5.75 Å². The Balaban J connectivity index is 2.01. The van der Waals surface area contributed by atoms with Crippen molar-refractivity contribution in [2.75, 3.05) is 13.1 Å². The normalized spacial score (nSPS) is 18.6. The van der Waals surface area contributed by atoms with E-state index in [1.54, 1.807) is 6.07 Å². The summed E-state index contributed by atoms with van der Waals surface area (Å²) in [5.74, 6) is 0.116. The number of carbonyl (C=O) groups excluding carboxylic acids is 2. The molecule has 0 spiro atoms. The molecule has 0 aromatic carbocycles. The van der Waals surface area contributed by atoms with Crippen molar-refractivity contribution in [1.82, 2.24) is 9.88 Å². The van der Waals surface area contributed by atoms with Gasteiger partial charge in [0.25, 0.3) is 5.91 Å². The van der Waals surface area contributed by atoms with Crippen LogP contribution in [0.2, 0.25) is 0 Å². The third-order valence-electron chi connectivity index (χ3n) is 3.47. The number of amides is 2. The number of likely N-dealkylation sites (tertiary alicyclic amines) is 1. The fraction of sp³-hybridized carbons (Fsp3) is 0.533. The highest BCUT2D eigenvalue weighted by Crippen LogP contribution is 2.20. The summed E-state index contributed by atoms with van der Waals surface area (Å²) < 4.78 is 5.86. The number of aromatic nitrogens is 1. The lowest BCUT2D eigenvalue weighted by Gasteiger charge is -2.34. The molecular formula is C15H21N3O3. The lowest BCUT2D eigenvalue weighted by molar-refractivity contribution is -0.137. The van der Waals surface area contributed by atoms with Gasteiger partial charge in [-0.25, -0.2) is 0 Å². The molecular weight excluding hydrogens is 270 g/mol. The van der Waals surface area contributed by atoms with E-state index < -0.39 is 5.91 Å². The smallest absolute Gasteiger partial charge is 0.267 e. The number of rotatable bonds is 4. The highest BCUT2D eigenvalue weighted by molar-refractivity contribution is 5.91. The van der Waals surface area contributed by atoms with Crippen molar-refractivity contribution < 1.29 is 14.3 Å². The molecule has 114 valence electrons. The van der Waals surface area contributed by atoms with Gasteiger partial charge in [-0.15, -0.1) is 0 Å². The topological polar surface area (TPSA) is 85.5 Å². The number of piperidine rings is 1. The van der Waals surface area contributed by atoms with E-state index in [0.29, 0.717) is 12.3 Å². The van der Waals surface area contributed by atoms with Crippen molar-refractivity contribution in [3.63, 3.8) is 0 Å². The zero-order valence-corrected chi connectivity index (χ0v) is 12.4. The Hall–Kier alpha value is -2.11. The van der Waals surface area contributed by atoms with Crippen molar-refractivity contribution in [1.29, 1.82) is 0 Å². The third-order valence-corrected chi connectivity index (χ3v) is 3.47. The highest BCUT2D eigenvalue weighted by atomic mass is 16.5. The molecule has 1 unspecified atom stereocenters. The van der Waals surface area contributed by atoms with Crippen LogP contribution in [0.5, 0.6) is 5.75 Å². The molecule has 2 rings (SSSR count). The second-order valence-electron chi connectivity index (χ2n) is 5.56. The average Bonchev–Trinajstić information content (AvgIpc) is 2.47. The van der Waals surface area contributed by atoms with Gasteiger partial charge < -0.3 is 15.4 Å². The number of nitrogens with two attached hydrogens (primary N) is 1. The van der Waals surface area contributed by atoms with Crippen LogP contribution in [0.3, 0.4) is 0 Å². The predicted octanol–water partition coefficient (Wildman–Crippen LogP) is 1.21. The second-order valence-corrected chi connectivity index (χ2v) is 5.56. The minimum absolute atomic E-state index is 0.00820. The van der Waals surface area contributed by atoms with Crippen LogP contribution in [0.15, 0.2) is 18.3 Å². The molecule has 0 aliphatic carbocycles. The summed E-state index contributed by atoms with van der Waals surface area (Å²) in [6.07, 6.45) is 3.23. The molecule has 1 aliphatic rings. The molecule has 1 aromatic rings. The summed E-state index contributed by atoms with van der Waals surface area (Å²) in [4.78, 5) is 28.9. The summed E-state index contributed by atoms with van der Waals surface area (Å²) in [5.41, 5.74) is 5.38. The van der Waals surface area contributed by atoms with E-state index in [1.165, 1.54) is 12.3 Å². The molecule has 1 aliphatic heterocycles. The van der Waals surface area contributed by atoms with E-state index in [4.69, 9.17) is 10.5 Å².